The van der Waals surface area contributed by atoms with Gasteiger partial charge >= 0.3 is 0 Å². The summed E-state index contributed by atoms with van der Waals surface area (Å²) in [5, 5.41) is 0. The van der Waals surface area contributed by atoms with E-state index in [1.165, 1.54) is 44.9 Å². The highest BCUT2D eigenvalue weighted by Gasteiger charge is 2.39. The van der Waals surface area contributed by atoms with Gasteiger partial charge in [0.15, 0.2) is 0 Å². The van der Waals surface area contributed by atoms with Gasteiger partial charge in [0.25, 0.3) is 0 Å². The zero-order valence-electron chi connectivity index (χ0n) is 12.8. The number of amides is 1. The van der Waals surface area contributed by atoms with E-state index >= 15 is 0 Å². The Bertz CT molecular complexity index is 311. The Morgan fingerprint density at radius 1 is 1.16 bits per heavy atom. The summed E-state index contributed by atoms with van der Waals surface area (Å²) in [6, 6.07) is 0.125. The molecular weight excluding hydrogens is 236 g/mol. The van der Waals surface area contributed by atoms with Gasteiger partial charge in [-0.05, 0) is 37.0 Å². The summed E-state index contributed by atoms with van der Waals surface area (Å²) in [7, 11) is 0. The molecule has 0 radical (unpaired) electrons. The average Bonchev–Trinajstić information content (AvgIpc) is 3.18. The first kappa shape index (κ1) is 14.8. The predicted octanol–water partition coefficient (Wildman–Crippen LogP) is 2.93. The van der Waals surface area contributed by atoms with Crippen molar-refractivity contribution in [2.75, 3.05) is 6.54 Å². The minimum Gasteiger partial charge on any atom is -0.338 e. The van der Waals surface area contributed by atoms with Crippen LogP contribution in [0.1, 0.15) is 65.7 Å². The maximum Gasteiger partial charge on any atom is 0.240 e. The van der Waals surface area contributed by atoms with E-state index in [4.69, 9.17) is 5.73 Å². The van der Waals surface area contributed by atoms with Gasteiger partial charge in [-0.25, -0.2) is 0 Å². The molecule has 2 saturated carbocycles. The molecule has 0 saturated heterocycles. The summed E-state index contributed by atoms with van der Waals surface area (Å²) in [5.41, 5.74) is 6.03. The number of rotatable bonds is 4. The summed E-state index contributed by atoms with van der Waals surface area (Å²) >= 11 is 0. The van der Waals surface area contributed by atoms with E-state index < -0.39 is 0 Å². The summed E-state index contributed by atoms with van der Waals surface area (Å²) in [6.07, 6.45) is 8.98. The topological polar surface area (TPSA) is 46.3 Å². The van der Waals surface area contributed by atoms with Gasteiger partial charge in [-0.15, -0.1) is 0 Å². The van der Waals surface area contributed by atoms with Crippen molar-refractivity contribution in [1.29, 1.82) is 0 Å². The molecular formula is C16H30N2O. The zero-order valence-corrected chi connectivity index (χ0v) is 12.8. The Labute approximate surface area is 117 Å². The maximum absolute atomic E-state index is 12.6. The van der Waals surface area contributed by atoms with Gasteiger partial charge in [0.2, 0.25) is 5.91 Å². The summed E-state index contributed by atoms with van der Waals surface area (Å²) in [4.78, 5) is 14.8. The van der Waals surface area contributed by atoms with E-state index in [-0.39, 0.29) is 17.4 Å². The fourth-order valence-corrected chi connectivity index (χ4v) is 3.00. The molecule has 2 aliphatic carbocycles. The van der Waals surface area contributed by atoms with Crippen molar-refractivity contribution in [3.63, 3.8) is 0 Å². The van der Waals surface area contributed by atoms with Crippen LogP contribution < -0.4 is 5.73 Å². The van der Waals surface area contributed by atoms with E-state index in [2.05, 4.69) is 25.7 Å². The number of carbonyl (C=O) groups excluding carboxylic acids is 1. The van der Waals surface area contributed by atoms with Crippen molar-refractivity contribution in [1.82, 2.24) is 4.90 Å². The van der Waals surface area contributed by atoms with Gasteiger partial charge in [0.05, 0.1) is 6.04 Å². The molecule has 0 spiro atoms. The molecule has 19 heavy (non-hydrogen) atoms. The molecule has 2 fully saturated rings. The van der Waals surface area contributed by atoms with Crippen molar-refractivity contribution in [2.45, 2.75) is 77.8 Å². The number of hydrogen-bond acceptors (Lipinski definition) is 2. The quantitative estimate of drug-likeness (QED) is 0.850. The first-order valence-electron chi connectivity index (χ1n) is 7.95. The van der Waals surface area contributed by atoms with Crippen LogP contribution in [0.5, 0.6) is 0 Å². The van der Waals surface area contributed by atoms with Crippen LogP contribution in [0.3, 0.4) is 0 Å². The highest BCUT2D eigenvalue weighted by Crippen LogP contribution is 2.33. The van der Waals surface area contributed by atoms with Crippen LogP contribution in [0.4, 0.5) is 0 Å². The third-order valence-electron chi connectivity index (χ3n) is 4.65. The second kappa shape index (κ2) is 5.82. The molecule has 0 bridgehead atoms. The highest BCUT2D eigenvalue weighted by atomic mass is 16.2. The van der Waals surface area contributed by atoms with Gasteiger partial charge in [-0.1, -0.05) is 40.0 Å². The third kappa shape index (κ3) is 3.95. The molecule has 2 rings (SSSR count). The van der Waals surface area contributed by atoms with Gasteiger partial charge in [0.1, 0.15) is 0 Å². The molecule has 2 aliphatic rings. The van der Waals surface area contributed by atoms with Crippen molar-refractivity contribution in [3.8, 4) is 0 Å². The number of nitrogens with zero attached hydrogens (tertiary/aromatic N) is 1. The lowest BCUT2D eigenvalue weighted by molar-refractivity contribution is -0.136. The fourth-order valence-electron chi connectivity index (χ4n) is 3.00. The van der Waals surface area contributed by atoms with Gasteiger partial charge in [-0.2, -0.15) is 0 Å². The second-order valence-electron chi connectivity index (χ2n) is 7.57. The molecule has 0 aliphatic heterocycles. The molecule has 1 atom stereocenters. The SMILES string of the molecule is CC(C)(C)[C@@H](N)C(=O)N(CC1CCCCC1)C1CC1. The summed E-state index contributed by atoms with van der Waals surface area (Å²) in [6.45, 7) is 7.12. The van der Waals surface area contributed by atoms with Crippen LogP contribution in [0.15, 0.2) is 0 Å². The first-order chi connectivity index (χ1) is 8.89. The number of nitrogens with two attached hydrogens (primary N) is 1. The average molecular weight is 266 g/mol. The van der Waals surface area contributed by atoms with Gasteiger partial charge in [0, 0.05) is 12.6 Å². The molecule has 0 aromatic heterocycles. The Morgan fingerprint density at radius 2 is 1.74 bits per heavy atom. The molecule has 0 aromatic carbocycles. The molecule has 0 unspecified atom stereocenters. The highest BCUT2D eigenvalue weighted by molar-refractivity contribution is 5.83. The molecule has 3 nitrogen and oxygen atoms in total. The summed E-state index contributed by atoms with van der Waals surface area (Å²) < 4.78 is 0. The van der Waals surface area contributed by atoms with E-state index in [1.807, 2.05) is 0 Å². The normalized spacial score (nSPS) is 23.2. The molecule has 1 amide bonds. The van der Waals surface area contributed by atoms with E-state index in [0.29, 0.717) is 12.0 Å². The lowest BCUT2D eigenvalue weighted by atomic mass is 9.85. The van der Waals surface area contributed by atoms with Crippen LogP contribution in [-0.2, 0) is 4.79 Å². The molecule has 110 valence electrons. The molecule has 2 N–H and O–H groups in total. The van der Waals surface area contributed by atoms with Gasteiger partial charge < -0.3 is 10.6 Å². The van der Waals surface area contributed by atoms with Gasteiger partial charge in [-0.3, -0.25) is 4.79 Å². The van der Waals surface area contributed by atoms with Crippen molar-refractivity contribution >= 4 is 5.91 Å². The monoisotopic (exact) mass is 266 g/mol. The Balaban J connectivity index is 1.97. The van der Waals surface area contributed by atoms with Crippen LogP contribution in [0, 0.1) is 11.3 Å². The van der Waals surface area contributed by atoms with Crippen LogP contribution in [0.25, 0.3) is 0 Å². The fraction of sp³-hybridized carbons (Fsp3) is 0.938. The maximum atomic E-state index is 12.6. The number of carbonyl (C=O) groups is 1. The number of hydrogen-bond donors (Lipinski definition) is 1. The Hall–Kier alpha value is -0.570. The standard InChI is InChI=1S/C16H30N2O/c1-16(2,3)14(17)15(19)18(13-9-10-13)11-12-7-5-4-6-8-12/h12-14H,4-11,17H2,1-3H3/t14-/m0/s1. The molecule has 3 heteroatoms. The van der Waals surface area contributed by atoms with Crippen molar-refractivity contribution < 1.29 is 4.79 Å². The lowest BCUT2D eigenvalue weighted by Crippen LogP contribution is -2.52. The molecule has 0 heterocycles. The predicted molar refractivity (Wildman–Crippen MR) is 78.7 cm³/mol. The first-order valence-corrected chi connectivity index (χ1v) is 7.95. The minimum absolute atomic E-state index is 0.142. The summed E-state index contributed by atoms with van der Waals surface area (Å²) in [5.74, 6) is 0.894. The largest absolute Gasteiger partial charge is 0.338 e. The van der Waals surface area contributed by atoms with Crippen LogP contribution >= 0.6 is 0 Å². The van der Waals surface area contributed by atoms with Crippen LogP contribution in [0.2, 0.25) is 0 Å². The van der Waals surface area contributed by atoms with E-state index in [0.717, 1.165) is 6.54 Å². The van der Waals surface area contributed by atoms with Crippen LogP contribution in [-0.4, -0.2) is 29.4 Å². The van der Waals surface area contributed by atoms with E-state index in [9.17, 15) is 4.79 Å². The van der Waals surface area contributed by atoms with Crippen molar-refractivity contribution in [3.05, 3.63) is 0 Å². The Kier molecular flexibility index (Phi) is 4.54. The van der Waals surface area contributed by atoms with E-state index in [1.54, 1.807) is 0 Å². The third-order valence-corrected chi connectivity index (χ3v) is 4.65. The second-order valence-corrected chi connectivity index (χ2v) is 7.57. The molecule has 0 aromatic rings. The van der Waals surface area contributed by atoms with Crippen molar-refractivity contribution in [2.24, 2.45) is 17.1 Å². The Morgan fingerprint density at radius 3 is 2.21 bits per heavy atom. The zero-order chi connectivity index (χ0) is 14.0. The minimum atomic E-state index is -0.364. The lowest BCUT2D eigenvalue weighted by Gasteiger charge is -2.35. The smallest absolute Gasteiger partial charge is 0.240 e.